The topological polar surface area (TPSA) is 181 Å². The lowest BCUT2D eigenvalue weighted by atomic mass is 9.90. The smallest absolute Gasteiger partial charge is 0.467 e. The minimum atomic E-state index is -0.792. The number of methoxy groups -OCH3 is 2. The fourth-order valence-corrected chi connectivity index (χ4v) is 3.76. The summed E-state index contributed by atoms with van der Waals surface area (Å²) in [7, 11) is 2.21. The van der Waals surface area contributed by atoms with Crippen molar-refractivity contribution < 1.29 is 38.0 Å². The number of halogens is 3. The van der Waals surface area contributed by atoms with Crippen LogP contribution in [-0.4, -0.2) is 88.3 Å². The Labute approximate surface area is 282 Å². The lowest BCUT2D eigenvalue weighted by Gasteiger charge is -2.32. The number of rotatable bonds is 8. The molecule has 1 fully saturated rings. The highest BCUT2D eigenvalue weighted by Gasteiger charge is 2.49. The SMILES string of the molecule is C=CB1OC(C)(C)C(C)(C)O1.C=Cc1cc(C(=O)N[C@@H](C)C(=O)OC)nc(Cl)n1.COC(=O)[C@H](C)NC(=O)c1cc(Cl)nc(Cl)n1. The first-order valence-electron chi connectivity index (χ1n) is 13.4. The van der Waals surface area contributed by atoms with E-state index in [9.17, 15) is 19.2 Å². The van der Waals surface area contributed by atoms with Crippen molar-refractivity contribution in [1.29, 1.82) is 0 Å². The monoisotopic (exact) mass is 700 g/mol. The maximum Gasteiger partial charge on any atom is 0.486 e. The molecule has 2 aromatic rings. The molecule has 0 aromatic carbocycles. The number of hydrogen-bond donors (Lipinski definition) is 2. The summed E-state index contributed by atoms with van der Waals surface area (Å²) in [5.41, 5.74) is -0.00479. The number of aromatic nitrogens is 4. The van der Waals surface area contributed by atoms with E-state index in [4.69, 9.17) is 44.1 Å². The largest absolute Gasteiger partial charge is 0.486 e. The summed E-state index contributed by atoms with van der Waals surface area (Å²) in [6, 6.07) is 1.09. The molecule has 2 atom stereocenters. The van der Waals surface area contributed by atoms with E-state index in [-0.39, 0.29) is 45.4 Å². The van der Waals surface area contributed by atoms with Gasteiger partial charge < -0.3 is 29.4 Å². The van der Waals surface area contributed by atoms with Crippen LogP contribution in [-0.2, 0) is 28.4 Å². The summed E-state index contributed by atoms with van der Waals surface area (Å²) in [6.45, 7) is 18.2. The molecule has 2 amide bonds. The molecule has 3 rings (SSSR count). The van der Waals surface area contributed by atoms with Gasteiger partial charge in [0.1, 0.15) is 28.6 Å². The number of esters is 2. The van der Waals surface area contributed by atoms with Gasteiger partial charge in [0, 0.05) is 6.07 Å². The molecular formula is C28H36BCl3N6O8. The fourth-order valence-electron chi connectivity index (χ4n) is 3.16. The van der Waals surface area contributed by atoms with Crippen molar-refractivity contribution in [1.82, 2.24) is 30.6 Å². The van der Waals surface area contributed by atoms with E-state index >= 15 is 0 Å². The summed E-state index contributed by atoms with van der Waals surface area (Å²) >= 11 is 16.8. The molecular weight excluding hydrogens is 666 g/mol. The lowest BCUT2D eigenvalue weighted by molar-refractivity contribution is -0.143. The maximum absolute atomic E-state index is 11.8. The maximum atomic E-state index is 11.8. The Morgan fingerprint density at radius 3 is 1.57 bits per heavy atom. The van der Waals surface area contributed by atoms with Crippen LogP contribution >= 0.6 is 34.8 Å². The van der Waals surface area contributed by atoms with Crippen LogP contribution in [0.5, 0.6) is 0 Å². The van der Waals surface area contributed by atoms with Gasteiger partial charge in [0.2, 0.25) is 10.6 Å². The molecule has 3 heterocycles. The highest BCUT2D eigenvalue weighted by molar-refractivity contribution is 6.51. The van der Waals surface area contributed by atoms with Crippen LogP contribution in [0.15, 0.2) is 31.3 Å². The van der Waals surface area contributed by atoms with Crippen molar-refractivity contribution in [3.8, 4) is 0 Å². The number of amides is 2. The summed E-state index contributed by atoms with van der Waals surface area (Å²) in [5, 5.41) is 4.64. The average Bonchev–Trinajstić information content (AvgIpc) is 3.21. The van der Waals surface area contributed by atoms with Gasteiger partial charge in [0.15, 0.2) is 0 Å². The van der Waals surface area contributed by atoms with Gasteiger partial charge in [-0.3, -0.25) is 9.59 Å². The minimum Gasteiger partial charge on any atom is -0.467 e. The number of carbonyl (C=O) groups excluding carboxylic acids is 4. The Kier molecular flexibility index (Phi) is 15.7. The Morgan fingerprint density at radius 2 is 1.22 bits per heavy atom. The number of hydrogen-bond acceptors (Lipinski definition) is 12. The summed E-state index contributed by atoms with van der Waals surface area (Å²) < 4.78 is 20.1. The van der Waals surface area contributed by atoms with Gasteiger partial charge in [-0.2, -0.15) is 0 Å². The van der Waals surface area contributed by atoms with E-state index in [1.54, 1.807) is 5.98 Å². The molecule has 0 bridgehead atoms. The predicted molar refractivity (Wildman–Crippen MR) is 173 cm³/mol. The van der Waals surface area contributed by atoms with Crippen LogP contribution in [0.25, 0.3) is 6.08 Å². The quantitative estimate of drug-likeness (QED) is 0.175. The molecule has 0 saturated carbocycles. The molecule has 250 valence electrons. The van der Waals surface area contributed by atoms with Gasteiger partial charge in [-0.1, -0.05) is 24.2 Å². The van der Waals surface area contributed by atoms with Gasteiger partial charge in [-0.05, 0) is 76.9 Å². The highest BCUT2D eigenvalue weighted by atomic mass is 35.5. The van der Waals surface area contributed by atoms with Crippen LogP contribution in [0.3, 0.4) is 0 Å². The Morgan fingerprint density at radius 1 is 0.804 bits per heavy atom. The zero-order valence-electron chi connectivity index (χ0n) is 26.6. The Hall–Kier alpha value is -3.63. The molecule has 46 heavy (non-hydrogen) atoms. The zero-order chi connectivity index (χ0) is 35.4. The average molecular weight is 702 g/mol. The first kappa shape index (κ1) is 40.4. The van der Waals surface area contributed by atoms with Crippen molar-refractivity contribution in [2.24, 2.45) is 0 Å². The van der Waals surface area contributed by atoms with E-state index < -0.39 is 35.8 Å². The zero-order valence-corrected chi connectivity index (χ0v) is 28.9. The third-order valence-corrected chi connectivity index (χ3v) is 6.86. The van der Waals surface area contributed by atoms with E-state index in [0.717, 1.165) is 0 Å². The van der Waals surface area contributed by atoms with Crippen LogP contribution in [0.1, 0.15) is 68.2 Å². The second-order valence-electron chi connectivity index (χ2n) is 10.3. The first-order chi connectivity index (χ1) is 21.3. The molecule has 1 saturated heterocycles. The molecule has 0 spiro atoms. The van der Waals surface area contributed by atoms with Crippen LogP contribution in [0.4, 0.5) is 0 Å². The second kappa shape index (κ2) is 17.9. The molecule has 1 aliphatic heterocycles. The number of carbonyl (C=O) groups is 4. The van der Waals surface area contributed by atoms with E-state index in [1.807, 2.05) is 27.7 Å². The van der Waals surface area contributed by atoms with Crippen LogP contribution < -0.4 is 10.6 Å². The third-order valence-electron chi connectivity index (χ3n) is 6.33. The molecule has 18 heteroatoms. The normalized spacial score (nSPS) is 15.3. The van der Waals surface area contributed by atoms with Gasteiger partial charge in [-0.25, -0.2) is 29.5 Å². The molecule has 0 radical (unpaired) electrons. The number of ether oxygens (including phenoxy) is 2. The van der Waals surface area contributed by atoms with Crippen molar-refractivity contribution >= 4 is 71.8 Å². The Bertz CT molecular complexity index is 1410. The van der Waals surface area contributed by atoms with E-state index in [0.29, 0.717) is 5.69 Å². The van der Waals surface area contributed by atoms with E-state index in [1.165, 1.54) is 46.3 Å². The van der Waals surface area contributed by atoms with Crippen LogP contribution in [0, 0.1) is 0 Å². The van der Waals surface area contributed by atoms with Gasteiger partial charge in [0.25, 0.3) is 11.8 Å². The molecule has 2 aromatic heterocycles. The molecule has 0 aliphatic carbocycles. The van der Waals surface area contributed by atoms with Crippen LogP contribution in [0.2, 0.25) is 15.7 Å². The van der Waals surface area contributed by atoms with Crippen molar-refractivity contribution in [3.63, 3.8) is 0 Å². The molecule has 1 aliphatic rings. The fraction of sp³-hybridized carbons (Fsp3) is 0.429. The highest BCUT2D eigenvalue weighted by Crippen LogP contribution is 2.36. The van der Waals surface area contributed by atoms with E-state index in [2.05, 4.69) is 53.2 Å². The minimum absolute atomic E-state index is 0.0225. The molecule has 0 unspecified atom stereocenters. The first-order valence-corrected chi connectivity index (χ1v) is 14.6. The Balaban J connectivity index is 0.000000355. The summed E-state index contributed by atoms with van der Waals surface area (Å²) in [6.07, 6.45) is 1.44. The predicted octanol–water partition coefficient (Wildman–Crippen LogP) is 3.94. The number of nitrogens with one attached hydrogen (secondary N) is 2. The van der Waals surface area contributed by atoms with Crippen molar-refractivity contribution in [3.05, 3.63) is 64.1 Å². The third kappa shape index (κ3) is 12.3. The lowest BCUT2D eigenvalue weighted by Crippen LogP contribution is -2.41. The van der Waals surface area contributed by atoms with Gasteiger partial charge in [0.05, 0.1) is 31.1 Å². The second-order valence-corrected chi connectivity index (χ2v) is 11.4. The number of nitrogens with zero attached hydrogens (tertiary/aromatic N) is 4. The van der Waals surface area contributed by atoms with Gasteiger partial charge in [-0.15, -0.1) is 6.58 Å². The standard InChI is InChI=1S/C11H12ClN3O3.C9H9Cl2N3O3.C8H15BO2/c1-4-7-5-8(15-11(12)14-7)9(16)13-6(2)10(17)18-3;1-4(8(16)17-2)12-7(15)5-3-6(10)14-9(11)13-5;1-6-9-10-7(2,3)8(4,5)11-9/h4-6H,1H2,2-3H3,(H,13,16);3-4H,1-2H3,(H,12,15);6H,1H2,2-5H3/t6-;4-;/m00./s1. The summed E-state index contributed by atoms with van der Waals surface area (Å²) in [5.74, 6) is -0.567. The summed E-state index contributed by atoms with van der Waals surface area (Å²) in [4.78, 5) is 60.6. The van der Waals surface area contributed by atoms with Crippen molar-refractivity contribution in [2.45, 2.75) is 64.8 Å². The van der Waals surface area contributed by atoms with Crippen molar-refractivity contribution in [2.75, 3.05) is 14.2 Å². The molecule has 14 nitrogen and oxygen atoms in total. The van der Waals surface area contributed by atoms with Gasteiger partial charge >= 0.3 is 19.1 Å². The molecule has 2 N–H and O–H groups in total.